The fourth-order valence-corrected chi connectivity index (χ4v) is 10.7. The monoisotopic (exact) mass is 894 g/mol. The summed E-state index contributed by atoms with van der Waals surface area (Å²) in [6.45, 7) is 0. The van der Waals surface area contributed by atoms with E-state index in [2.05, 4.69) is 252 Å². The zero-order chi connectivity index (χ0) is 46.1. The van der Waals surface area contributed by atoms with E-state index in [1.807, 2.05) is 12.1 Å². The zero-order valence-corrected chi connectivity index (χ0v) is 38.0. The summed E-state index contributed by atoms with van der Waals surface area (Å²) in [4.78, 5) is 2.34. The molecule has 0 saturated heterocycles. The molecule has 0 aliphatic heterocycles. The van der Waals surface area contributed by atoms with Crippen molar-refractivity contribution in [1.29, 1.82) is 0 Å². The Morgan fingerprint density at radius 3 is 1.34 bits per heavy atom. The van der Waals surface area contributed by atoms with Gasteiger partial charge in [0, 0.05) is 60.8 Å². The third-order valence-electron chi connectivity index (χ3n) is 14.0. The van der Waals surface area contributed by atoms with Crippen LogP contribution in [0.4, 0.5) is 17.1 Å². The number of fused-ring (bicyclic) bond motifs is 10. The Hall–Kier alpha value is -9.38. The summed E-state index contributed by atoms with van der Waals surface area (Å²) in [5, 5.41) is 6.93. The largest absolute Gasteiger partial charge is 0.456 e. The van der Waals surface area contributed by atoms with Gasteiger partial charge in [-0.1, -0.05) is 182 Å². The molecule has 3 aromatic heterocycles. The minimum absolute atomic E-state index is 0.893. The highest BCUT2D eigenvalue weighted by molar-refractivity contribution is 6.24. The maximum absolute atomic E-state index is 6.81. The Morgan fingerprint density at radius 1 is 0.286 bits per heavy atom. The van der Waals surface area contributed by atoms with Crippen LogP contribution < -0.4 is 4.90 Å². The molecule has 328 valence electrons. The van der Waals surface area contributed by atoms with Crippen molar-refractivity contribution in [2.75, 3.05) is 4.90 Å². The van der Waals surface area contributed by atoms with Gasteiger partial charge in [-0.15, -0.1) is 0 Å². The SMILES string of the molecule is c1ccc(-c2ccc(N(c3ccc(-c4ccc(-n5c6ccccc6c6ccc7oc8ccccc8c7c65)cc4)cc3)c3ccc(-c4cccc5c4oc4c(-c6ccccc6)cccc45)cc3)cc2)cc1. The van der Waals surface area contributed by atoms with Crippen molar-refractivity contribution >= 4 is 82.7 Å². The van der Waals surface area contributed by atoms with Crippen LogP contribution in [-0.4, -0.2) is 4.57 Å². The lowest BCUT2D eigenvalue weighted by molar-refractivity contribution is 0.669. The molecule has 0 amide bonds. The lowest BCUT2D eigenvalue weighted by Crippen LogP contribution is -2.09. The molecule has 4 nitrogen and oxygen atoms in total. The van der Waals surface area contributed by atoms with E-state index in [4.69, 9.17) is 8.83 Å². The van der Waals surface area contributed by atoms with Crippen molar-refractivity contribution in [1.82, 2.24) is 4.57 Å². The van der Waals surface area contributed by atoms with Crippen molar-refractivity contribution in [3.05, 3.63) is 255 Å². The van der Waals surface area contributed by atoms with Crippen molar-refractivity contribution in [2.45, 2.75) is 0 Å². The molecule has 3 heterocycles. The van der Waals surface area contributed by atoms with Crippen LogP contribution in [0.5, 0.6) is 0 Å². The fraction of sp³-hybridized carbons (Fsp3) is 0. The third kappa shape index (κ3) is 6.46. The van der Waals surface area contributed by atoms with Gasteiger partial charge in [0.1, 0.15) is 22.3 Å². The van der Waals surface area contributed by atoms with Gasteiger partial charge in [0.05, 0.1) is 16.4 Å². The molecule has 70 heavy (non-hydrogen) atoms. The van der Waals surface area contributed by atoms with E-state index >= 15 is 0 Å². The van der Waals surface area contributed by atoms with Crippen molar-refractivity contribution in [2.24, 2.45) is 0 Å². The van der Waals surface area contributed by atoms with E-state index in [0.717, 1.165) is 106 Å². The van der Waals surface area contributed by atoms with Gasteiger partial charge in [0.15, 0.2) is 0 Å². The number of nitrogens with zero attached hydrogens (tertiary/aromatic N) is 2. The molecule has 0 unspecified atom stereocenters. The molecule has 0 atom stereocenters. The molecular weight excluding hydrogens is 853 g/mol. The number of hydrogen-bond acceptors (Lipinski definition) is 3. The van der Waals surface area contributed by atoms with Crippen molar-refractivity contribution < 1.29 is 8.83 Å². The van der Waals surface area contributed by atoms with Gasteiger partial charge < -0.3 is 18.3 Å². The Balaban J connectivity index is 0.827. The van der Waals surface area contributed by atoms with Gasteiger partial charge in [0.25, 0.3) is 0 Å². The van der Waals surface area contributed by atoms with Crippen LogP contribution in [0.3, 0.4) is 0 Å². The number of rotatable bonds is 8. The van der Waals surface area contributed by atoms with Crippen LogP contribution in [-0.2, 0) is 0 Å². The Kier molecular flexibility index (Phi) is 9.17. The summed E-state index contributed by atoms with van der Waals surface area (Å²) in [7, 11) is 0. The minimum Gasteiger partial charge on any atom is -0.456 e. The zero-order valence-electron chi connectivity index (χ0n) is 38.0. The van der Waals surface area contributed by atoms with Crippen LogP contribution in [0.1, 0.15) is 0 Å². The molecule has 0 radical (unpaired) electrons. The highest BCUT2D eigenvalue weighted by Gasteiger charge is 2.21. The number of benzene rings is 11. The highest BCUT2D eigenvalue weighted by atomic mass is 16.3. The molecule has 0 aliphatic carbocycles. The van der Waals surface area contributed by atoms with Crippen LogP contribution in [0.25, 0.3) is 116 Å². The van der Waals surface area contributed by atoms with Gasteiger partial charge in [-0.3, -0.25) is 0 Å². The molecular formula is C66H42N2O2. The molecule has 14 rings (SSSR count). The molecule has 11 aromatic carbocycles. The fourth-order valence-electron chi connectivity index (χ4n) is 10.7. The van der Waals surface area contributed by atoms with Crippen molar-refractivity contribution in [3.63, 3.8) is 0 Å². The second kappa shape index (κ2) is 16.2. The predicted octanol–water partition coefficient (Wildman–Crippen LogP) is 18.7. The lowest BCUT2D eigenvalue weighted by atomic mass is 10.00. The third-order valence-corrected chi connectivity index (χ3v) is 14.0. The number of aromatic nitrogens is 1. The van der Waals surface area contributed by atoms with Crippen LogP contribution in [0, 0.1) is 0 Å². The van der Waals surface area contributed by atoms with Gasteiger partial charge in [-0.05, 0) is 106 Å². The van der Waals surface area contributed by atoms with E-state index in [0.29, 0.717) is 0 Å². The van der Waals surface area contributed by atoms with Gasteiger partial charge >= 0.3 is 0 Å². The Labute approximate surface area is 404 Å². The maximum Gasteiger partial charge on any atom is 0.143 e. The molecule has 4 heteroatoms. The predicted molar refractivity (Wildman–Crippen MR) is 292 cm³/mol. The Bertz CT molecular complexity index is 4240. The highest BCUT2D eigenvalue weighted by Crippen LogP contribution is 2.44. The average Bonchev–Trinajstić information content (AvgIpc) is 4.12. The first-order valence-electron chi connectivity index (χ1n) is 23.8. The number of para-hydroxylation sites is 4. The molecule has 0 N–H and O–H groups in total. The van der Waals surface area contributed by atoms with E-state index in [1.165, 1.54) is 27.4 Å². The van der Waals surface area contributed by atoms with Crippen LogP contribution >= 0.6 is 0 Å². The van der Waals surface area contributed by atoms with Gasteiger partial charge in [-0.2, -0.15) is 0 Å². The summed E-state index contributed by atoms with van der Waals surface area (Å²) in [6.07, 6.45) is 0. The quantitative estimate of drug-likeness (QED) is 0.152. The van der Waals surface area contributed by atoms with E-state index in [-0.39, 0.29) is 0 Å². The molecule has 0 saturated carbocycles. The topological polar surface area (TPSA) is 34.5 Å². The molecule has 0 spiro atoms. The van der Waals surface area contributed by atoms with Gasteiger partial charge in [-0.25, -0.2) is 0 Å². The molecule has 0 aliphatic rings. The summed E-state index contributed by atoms with van der Waals surface area (Å²) in [6, 6.07) is 90.9. The first kappa shape index (κ1) is 39.8. The van der Waals surface area contributed by atoms with Crippen LogP contribution in [0.2, 0.25) is 0 Å². The summed E-state index contributed by atoms with van der Waals surface area (Å²) in [5.74, 6) is 0. The average molecular weight is 895 g/mol. The van der Waals surface area contributed by atoms with E-state index in [9.17, 15) is 0 Å². The normalized spacial score (nSPS) is 11.7. The molecule has 14 aromatic rings. The van der Waals surface area contributed by atoms with Crippen LogP contribution in [0.15, 0.2) is 264 Å². The number of anilines is 3. The molecule has 0 fully saturated rings. The van der Waals surface area contributed by atoms with E-state index in [1.54, 1.807) is 0 Å². The second-order valence-corrected chi connectivity index (χ2v) is 18.0. The first-order chi connectivity index (χ1) is 34.7. The molecule has 0 bridgehead atoms. The number of hydrogen-bond donors (Lipinski definition) is 0. The smallest absolute Gasteiger partial charge is 0.143 e. The minimum atomic E-state index is 0.893. The lowest BCUT2D eigenvalue weighted by Gasteiger charge is -2.26. The summed E-state index contributed by atoms with van der Waals surface area (Å²) in [5.41, 5.74) is 19.3. The van der Waals surface area contributed by atoms with Crippen molar-refractivity contribution in [3.8, 4) is 50.2 Å². The number of furan rings is 2. The standard InChI is InChI=1S/C66H42N2O2/c1-3-13-43(14-4-1)44-25-33-49(34-26-44)67(51-39-31-48(32-40-51)54-20-12-22-58-57-21-11-19-53(65(57)70-66(54)58)47-15-5-2-6-16-47)50-35-27-45(28-36-50)46-29-37-52(38-30-46)68-60-23-9-7-17-55(60)56-41-42-62-63(64(56)68)59-18-8-10-24-61(59)69-62/h1-42H. The summed E-state index contributed by atoms with van der Waals surface area (Å²) < 4.78 is 15.6. The maximum atomic E-state index is 6.81. The van der Waals surface area contributed by atoms with Gasteiger partial charge in [0.2, 0.25) is 0 Å². The second-order valence-electron chi connectivity index (χ2n) is 18.0. The Morgan fingerprint density at radius 2 is 0.743 bits per heavy atom. The summed E-state index contributed by atoms with van der Waals surface area (Å²) >= 11 is 0. The first-order valence-corrected chi connectivity index (χ1v) is 23.8. The van der Waals surface area contributed by atoms with E-state index < -0.39 is 0 Å².